The average molecular weight is 499 g/mol. The minimum atomic E-state index is -4.05. The van der Waals surface area contributed by atoms with Crippen molar-refractivity contribution in [2.45, 2.75) is 37.6 Å². The number of nitrogens with zero attached hydrogens (tertiary/aromatic N) is 2. The molecule has 0 amide bonds. The normalized spacial score (nSPS) is 16.7. The van der Waals surface area contributed by atoms with Gasteiger partial charge >= 0.3 is 5.69 Å². The molecule has 0 bridgehead atoms. The number of rotatable bonds is 6. The van der Waals surface area contributed by atoms with Gasteiger partial charge in [-0.1, -0.05) is 12.1 Å². The summed E-state index contributed by atoms with van der Waals surface area (Å²) >= 11 is 0. The number of aromatic nitrogens is 2. The molecule has 0 saturated carbocycles. The smallest absolute Gasteiger partial charge is 0.328 e. The van der Waals surface area contributed by atoms with Crippen molar-refractivity contribution in [1.82, 2.24) is 13.9 Å². The Hall–Kier alpha value is -3.70. The molecule has 1 fully saturated rings. The van der Waals surface area contributed by atoms with Crippen LogP contribution in [-0.2, 0) is 10.0 Å². The van der Waals surface area contributed by atoms with E-state index < -0.39 is 33.3 Å². The molecule has 35 heavy (non-hydrogen) atoms. The second-order valence-corrected chi connectivity index (χ2v) is 10.4. The molecule has 2 aromatic carbocycles. The Morgan fingerprint density at radius 3 is 2.63 bits per heavy atom. The Labute approximate surface area is 201 Å². The van der Waals surface area contributed by atoms with Crippen LogP contribution >= 0.6 is 0 Å². The zero-order valence-corrected chi connectivity index (χ0v) is 20.0. The number of sulfonamides is 1. The molecule has 10 nitrogen and oxygen atoms in total. The first kappa shape index (κ1) is 24.4. The van der Waals surface area contributed by atoms with Crippen LogP contribution in [0.15, 0.2) is 63.1 Å². The molecular weight excluding hydrogens is 474 g/mol. The van der Waals surface area contributed by atoms with Crippen LogP contribution in [0.3, 0.4) is 0 Å². The molecule has 4 rings (SSSR count). The molecule has 0 radical (unpaired) electrons. The number of carboxylic acids is 1. The highest BCUT2D eigenvalue weighted by atomic mass is 32.2. The van der Waals surface area contributed by atoms with Crippen molar-refractivity contribution in [2.24, 2.45) is 0 Å². The van der Waals surface area contributed by atoms with Gasteiger partial charge in [0.1, 0.15) is 11.5 Å². The molecule has 1 aromatic heterocycles. The molecule has 184 valence electrons. The Balaban J connectivity index is 1.67. The lowest BCUT2D eigenvalue weighted by Gasteiger charge is -2.33. The van der Waals surface area contributed by atoms with Gasteiger partial charge in [0, 0.05) is 36.5 Å². The number of aromatic carboxylic acids is 1. The molecule has 1 atom stereocenters. The highest BCUT2D eigenvalue weighted by Gasteiger charge is 2.32. The van der Waals surface area contributed by atoms with Gasteiger partial charge in [0.05, 0.1) is 16.9 Å². The fraction of sp³-hybridized carbons (Fsp3) is 0.292. The molecule has 1 N–H and O–H groups in total. The molecule has 2 heterocycles. The maximum absolute atomic E-state index is 13.5. The summed E-state index contributed by atoms with van der Waals surface area (Å²) in [4.78, 5) is 37.8. The van der Waals surface area contributed by atoms with Gasteiger partial charge in [-0.05, 0) is 56.5 Å². The molecular formula is C24H24N3O7S-. The van der Waals surface area contributed by atoms with Crippen molar-refractivity contribution in [3.8, 4) is 11.5 Å². The second-order valence-electron chi connectivity index (χ2n) is 8.50. The quantitative estimate of drug-likeness (QED) is 0.540. The number of hydrogen-bond acceptors (Lipinski definition) is 7. The van der Waals surface area contributed by atoms with Crippen molar-refractivity contribution >= 4 is 16.0 Å². The van der Waals surface area contributed by atoms with Gasteiger partial charge in [-0.25, -0.2) is 13.2 Å². The van der Waals surface area contributed by atoms with Gasteiger partial charge in [-0.15, -0.1) is 0 Å². The third-order valence-corrected chi connectivity index (χ3v) is 7.79. The third-order valence-electron chi connectivity index (χ3n) is 5.93. The Morgan fingerprint density at radius 1 is 1.14 bits per heavy atom. The van der Waals surface area contributed by atoms with Crippen molar-refractivity contribution in [3.63, 3.8) is 0 Å². The van der Waals surface area contributed by atoms with Crippen LogP contribution in [0.1, 0.15) is 40.4 Å². The number of nitrogens with one attached hydrogen (secondary N) is 1. The number of carbonyl (C=O) groups excluding carboxylic acids is 1. The zero-order chi connectivity index (χ0) is 25.3. The number of H-pyrrole nitrogens is 1. The molecule has 3 aromatic rings. The fourth-order valence-electron chi connectivity index (χ4n) is 4.09. The molecule has 1 aliphatic rings. The van der Waals surface area contributed by atoms with Gasteiger partial charge in [0.15, 0.2) is 0 Å². The largest absolute Gasteiger partial charge is 0.545 e. The number of aryl methyl sites for hydroxylation is 2. The number of aromatic amines is 1. The summed E-state index contributed by atoms with van der Waals surface area (Å²) in [7, 11) is -4.05. The number of hydrogen-bond donors (Lipinski definition) is 1. The van der Waals surface area contributed by atoms with E-state index in [9.17, 15) is 27.9 Å². The van der Waals surface area contributed by atoms with Crippen LogP contribution in [0.25, 0.3) is 0 Å². The minimum absolute atomic E-state index is 0.0179. The summed E-state index contributed by atoms with van der Waals surface area (Å²) in [6.07, 6.45) is 2.49. The molecule has 0 spiro atoms. The van der Waals surface area contributed by atoms with Crippen LogP contribution in [0.4, 0.5) is 0 Å². The molecule has 11 heteroatoms. The maximum atomic E-state index is 13.5. The van der Waals surface area contributed by atoms with E-state index in [4.69, 9.17) is 4.74 Å². The summed E-state index contributed by atoms with van der Waals surface area (Å²) in [6.45, 7) is 3.66. The van der Waals surface area contributed by atoms with Crippen molar-refractivity contribution in [1.29, 1.82) is 0 Å². The highest BCUT2D eigenvalue weighted by Crippen LogP contribution is 2.31. The second kappa shape index (κ2) is 9.51. The molecule has 0 unspecified atom stereocenters. The van der Waals surface area contributed by atoms with E-state index in [0.29, 0.717) is 24.2 Å². The lowest BCUT2D eigenvalue weighted by Crippen LogP contribution is -2.44. The van der Waals surface area contributed by atoms with Crippen molar-refractivity contribution < 1.29 is 23.1 Å². The van der Waals surface area contributed by atoms with E-state index in [1.165, 1.54) is 27.2 Å². The predicted octanol–water partition coefficient (Wildman–Crippen LogP) is 1.34. The van der Waals surface area contributed by atoms with Crippen molar-refractivity contribution in [2.75, 3.05) is 13.1 Å². The molecule has 1 saturated heterocycles. The summed E-state index contributed by atoms with van der Waals surface area (Å²) in [5.74, 6) is -1.30. The van der Waals surface area contributed by atoms with Crippen molar-refractivity contribution in [3.05, 3.63) is 86.2 Å². The van der Waals surface area contributed by atoms with E-state index in [-0.39, 0.29) is 29.3 Å². The van der Waals surface area contributed by atoms with Crippen LogP contribution in [-0.4, -0.2) is 41.3 Å². The van der Waals surface area contributed by atoms with Crippen LogP contribution < -0.4 is 21.1 Å². The van der Waals surface area contributed by atoms with Crippen LogP contribution in [0.2, 0.25) is 0 Å². The molecule has 1 aliphatic heterocycles. The summed E-state index contributed by atoms with van der Waals surface area (Å²) in [5, 5.41) is 11.6. The van der Waals surface area contributed by atoms with Gasteiger partial charge in [-0.3, -0.25) is 14.3 Å². The third kappa shape index (κ3) is 5.05. The van der Waals surface area contributed by atoms with Gasteiger partial charge in [0.25, 0.3) is 5.56 Å². The standard InChI is InChI=1S/C24H25N3O7S/c1-15-5-3-7-18(11-15)34-21-12-19(8-9-20(21)23(29)30)35(32,33)26-10-4-6-17(14-26)27-13-16(2)22(28)25-24(27)31/h3,5,7-9,11-13,17H,4,6,10,14H2,1-2H3,(H,29,30)(H,25,28,31)/p-1/t17-/m0/s1. The Morgan fingerprint density at radius 2 is 1.91 bits per heavy atom. The van der Waals surface area contributed by atoms with E-state index in [2.05, 4.69) is 4.98 Å². The SMILES string of the molecule is Cc1cccc(Oc2cc(S(=O)(=O)N3CCC[C@H](n4cc(C)c(=O)[nH]c4=O)C3)ccc2C(=O)[O-])c1. The van der Waals surface area contributed by atoms with Crippen LogP contribution in [0, 0.1) is 13.8 Å². The highest BCUT2D eigenvalue weighted by molar-refractivity contribution is 7.89. The summed E-state index contributed by atoms with van der Waals surface area (Å²) in [5.41, 5.74) is -0.135. The van der Waals surface area contributed by atoms with E-state index in [0.717, 1.165) is 11.6 Å². The fourth-order valence-corrected chi connectivity index (χ4v) is 5.63. The first-order valence-corrected chi connectivity index (χ1v) is 12.4. The van der Waals surface area contributed by atoms with E-state index >= 15 is 0 Å². The van der Waals surface area contributed by atoms with Gasteiger partial charge in [-0.2, -0.15) is 4.31 Å². The average Bonchev–Trinajstić information content (AvgIpc) is 2.81. The zero-order valence-electron chi connectivity index (χ0n) is 19.2. The Kier molecular flexibility index (Phi) is 6.64. The number of piperidine rings is 1. The number of carbonyl (C=O) groups is 1. The number of ether oxygens (including phenoxy) is 1. The molecule has 0 aliphatic carbocycles. The monoisotopic (exact) mass is 498 g/mol. The predicted molar refractivity (Wildman–Crippen MR) is 125 cm³/mol. The van der Waals surface area contributed by atoms with E-state index in [1.807, 2.05) is 13.0 Å². The maximum Gasteiger partial charge on any atom is 0.328 e. The number of benzene rings is 2. The van der Waals surface area contributed by atoms with Gasteiger partial charge < -0.3 is 14.6 Å². The topological polar surface area (TPSA) is 142 Å². The van der Waals surface area contributed by atoms with E-state index in [1.54, 1.807) is 25.1 Å². The van der Waals surface area contributed by atoms with Crippen LogP contribution in [0.5, 0.6) is 11.5 Å². The summed E-state index contributed by atoms with van der Waals surface area (Å²) < 4.78 is 35.3. The minimum Gasteiger partial charge on any atom is -0.545 e. The lowest BCUT2D eigenvalue weighted by atomic mass is 10.1. The lowest BCUT2D eigenvalue weighted by molar-refractivity contribution is -0.255. The first-order chi connectivity index (χ1) is 16.6. The Bertz CT molecular complexity index is 1510. The number of carboxylic acid groups (broad SMARTS) is 1. The van der Waals surface area contributed by atoms with Gasteiger partial charge in [0.2, 0.25) is 10.0 Å². The summed E-state index contributed by atoms with van der Waals surface area (Å²) in [6, 6.07) is 9.95. The first-order valence-electron chi connectivity index (χ1n) is 11.0.